The van der Waals surface area contributed by atoms with Crippen LogP contribution >= 0.6 is 0 Å². The molecule has 1 heterocycles. The fourth-order valence-corrected chi connectivity index (χ4v) is 1.28. The first-order chi connectivity index (χ1) is 5.79. The zero-order valence-electron chi connectivity index (χ0n) is 7.70. The number of nitrogens with one attached hydrogen (secondary N) is 1. The molecular weight excluding hydrogens is 154 g/mol. The monoisotopic (exact) mass is 169 g/mol. The number of hydrogen-bond donors (Lipinski definition) is 1. The standard InChI is InChI=1S/C9H15NO2/c1-7(9(11-2)12-3)8-5-4-6-10-8/h4-7,9-10H,1-3H3. The molecule has 0 radical (unpaired) electrons. The molecule has 0 fully saturated rings. The van der Waals surface area contributed by atoms with Gasteiger partial charge in [0, 0.05) is 32.0 Å². The fourth-order valence-electron chi connectivity index (χ4n) is 1.28. The molecule has 0 saturated carbocycles. The second-order valence-corrected chi connectivity index (χ2v) is 2.75. The summed E-state index contributed by atoms with van der Waals surface area (Å²) in [4.78, 5) is 3.13. The van der Waals surface area contributed by atoms with Gasteiger partial charge in [-0.05, 0) is 12.1 Å². The first-order valence-corrected chi connectivity index (χ1v) is 3.98. The fraction of sp³-hybridized carbons (Fsp3) is 0.556. The lowest BCUT2D eigenvalue weighted by atomic mass is 10.1. The molecule has 0 aromatic carbocycles. The minimum Gasteiger partial charge on any atom is -0.365 e. The smallest absolute Gasteiger partial charge is 0.164 e. The third-order valence-corrected chi connectivity index (χ3v) is 1.99. The van der Waals surface area contributed by atoms with Crippen LogP contribution in [0.5, 0.6) is 0 Å². The second kappa shape index (κ2) is 4.28. The maximum absolute atomic E-state index is 5.14. The van der Waals surface area contributed by atoms with Gasteiger partial charge in [-0.25, -0.2) is 0 Å². The largest absolute Gasteiger partial charge is 0.365 e. The predicted octanol–water partition coefficient (Wildman–Crippen LogP) is 1.74. The van der Waals surface area contributed by atoms with Gasteiger partial charge in [0.15, 0.2) is 6.29 Å². The van der Waals surface area contributed by atoms with Crippen LogP contribution in [0.4, 0.5) is 0 Å². The Kier molecular flexibility index (Phi) is 3.31. The van der Waals surface area contributed by atoms with Gasteiger partial charge in [-0.3, -0.25) is 0 Å². The van der Waals surface area contributed by atoms with E-state index in [1.54, 1.807) is 14.2 Å². The van der Waals surface area contributed by atoms with E-state index in [9.17, 15) is 0 Å². The highest BCUT2D eigenvalue weighted by molar-refractivity contribution is 5.09. The van der Waals surface area contributed by atoms with E-state index in [0.29, 0.717) is 0 Å². The van der Waals surface area contributed by atoms with E-state index in [2.05, 4.69) is 11.9 Å². The van der Waals surface area contributed by atoms with Gasteiger partial charge in [0.05, 0.1) is 0 Å². The van der Waals surface area contributed by atoms with Crippen molar-refractivity contribution in [2.75, 3.05) is 14.2 Å². The van der Waals surface area contributed by atoms with Crippen LogP contribution in [0.1, 0.15) is 18.5 Å². The molecule has 3 heteroatoms. The molecule has 1 atom stereocenters. The van der Waals surface area contributed by atoms with E-state index in [1.165, 1.54) is 0 Å². The molecule has 1 aromatic rings. The van der Waals surface area contributed by atoms with E-state index in [0.717, 1.165) is 5.69 Å². The van der Waals surface area contributed by atoms with Crippen molar-refractivity contribution in [3.05, 3.63) is 24.0 Å². The maximum Gasteiger partial charge on any atom is 0.164 e. The summed E-state index contributed by atoms with van der Waals surface area (Å²) in [5.74, 6) is 0.231. The van der Waals surface area contributed by atoms with Crippen LogP contribution in [0.3, 0.4) is 0 Å². The lowest BCUT2D eigenvalue weighted by molar-refractivity contribution is -0.115. The van der Waals surface area contributed by atoms with Gasteiger partial charge in [-0.1, -0.05) is 6.92 Å². The van der Waals surface area contributed by atoms with Gasteiger partial charge in [0.25, 0.3) is 0 Å². The SMILES string of the molecule is COC(OC)C(C)c1ccc[nH]1. The van der Waals surface area contributed by atoms with Crippen molar-refractivity contribution in [1.29, 1.82) is 0 Å². The lowest BCUT2D eigenvalue weighted by Gasteiger charge is -2.19. The molecule has 0 amide bonds. The maximum atomic E-state index is 5.14. The van der Waals surface area contributed by atoms with Crippen LogP contribution < -0.4 is 0 Å². The second-order valence-electron chi connectivity index (χ2n) is 2.75. The van der Waals surface area contributed by atoms with E-state index in [1.807, 2.05) is 18.3 Å². The molecule has 1 rings (SSSR count). The first-order valence-electron chi connectivity index (χ1n) is 3.98. The average molecular weight is 169 g/mol. The quantitative estimate of drug-likeness (QED) is 0.696. The Morgan fingerprint density at radius 2 is 2.00 bits per heavy atom. The van der Waals surface area contributed by atoms with Gasteiger partial charge < -0.3 is 14.5 Å². The number of aromatic amines is 1. The molecule has 68 valence electrons. The summed E-state index contributed by atoms with van der Waals surface area (Å²) in [6.07, 6.45) is 1.72. The van der Waals surface area contributed by atoms with Crippen molar-refractivity contribution in [3.63, 3.8) is 0 Å². The van der Waals surface area contributed by atoms with E-state index < -0.39 is 0 Å². The topological polar surface area (TPSA) is 34.2 Å². The average Bonchev–Trinajstić information content (AvgIpc) is 2.58. The van der Waals surface area contributed by atoms with Crippen molar-refractivity contribution < 1.29 is 9.47 Å². The Morgan fingerprint density at radius 3 is 2.42 bits per heavy atom. The van der Waals surface area contributed by atoms with Crippen LogP contribution in [-0.4, -0.2) is 25.5 Å². The van der Waals surface area contributed by atoms with Crippen molar-refractivity contribution in [3.8, 4) is 0 Å². The Hall–Kier alpha value is -0.800. The number of aromatic nitrogens is 1. The van der Waals surface area contributed by atoms with Gasteiger partial charge in [-0.15, -0.1) is 0 Å². The molecular formula is C9H15NO2. The highest BCUT2D eigenvalue weighted by Crippen LogP contribution is 2.19. The van der Waals surface area contributed by atoms with E-state index in [4.69, 9.17) is 9.47 Å². The van der Waals surface area contributed by atoms with Crippen LogP contribution in [0, 0.1) is 0 Å². The molecule has 0 aliphatic rings. The van der Waals surface area contributed by atoms with Gasteiger partial charge >= 0.3 is 0 Å². The molecule has 1 N–H and O–H groups in total. The predicted molar refractivity (Wildman–Crippen MR) is 47.0 cm³/mol. The Morgan fingerprint density at radius 1 is 1.33 bits per heavy atom. The highest BCUT2D eigenvalue weighted by atomic mass is 16.7. The number of hydrogen-bond acceptors (Lipinski definition) is 2. The number of H-pyrrole nitrogens is 1. The van der Waals surface area contributed by atoms with Crippen LogP contribution in [0.25, 0.3) is 0 Å². The molecule has 1 unspecified atom stereocenters. The molecule has 0 bridgehead atoms. The lowest BCUT2D eigenvalue weighted by Crippen LogP contribution is -2.20. The van der Waals surface area contributed by atoms with Gasteiger partial charge in [-0.2, -0.15) is 0 Å². The van der Waals surface area contributed by atoms with E-state index in [-0.39, 0.29) is 12.2 Å². The molecule has 1 aromatic heterocycles. The van der Waals surface area contributed by atoms with Crippen molar-refractivity contribution in [2.45, 2.75) is 19.1 Å². The summed E-state index contributed by atoms with van der Waals surface area (Å²) in [6, 6.07) is 3.99. The third-order valence-electron chi connectivity index (χ3n) is 1.99. The first kappa shape index (κ1) is 9.29. The number of ether oxygens (including phenoxy) is 2. The zero-order valence-corrected chi connectivity index (χ0v) is 7.70. The molecule has 0 saturated heterocycles. The molecule has 3 nitrogen and oxygen atoms in total. The Balaban J connectivity index is 2.63. The molecule has 0 aliphatic carbocycles. The molecule has 0 spiro atoms. The van der Waals surface area contributed by atoms with Crippen LogP contribution in [-0.2, 0) is 9.47 Å². The zero-order chi connectivity index (χ0) is 8.97. The summed E-state index contributed by atoms with van der Waals surface area (Å²) in [5.41, 5.74) is 1.13. The minimum atomic E-state index is -0.177. The summed E-state index contributed by atoms with van der Waals surface area (Å²) >= 11 is 0. The summed E-state index contributed by atoms with van der Waals surface area (Å²) in [6.45, 7) is 2.06. The van der Waals surface area contributed by atoms with Crippen molar-refractivity contribution >= 4 is 0 Å². The van der Waals surface area contributed by atoms with Gasteiger partial charge in [0.2, 0.25) is 0 Å². The van der Waals surface area contributed by atoms with Crippen molar-refractivity contribution in [2.24, 2.45) is 0 Å². The molecule has 0 aliphatic heterocycles. The summed E-state index contributed by atoms with van der Waals surface area (Å²) in [7, 11) is 3.29. The number of rotatable bonds is 4. The van der Waals surface area contributed by atoms with Crippen LogP contribution in [0.2, 0.25) is 0 Å². The Bertz CT molecular complexity index is 204. The highest BCUT2D eigenvalue weighted by Gasteiger charge is 2.17. The Labute approximate surface area is 72.7 Å². The van der Waals surface area contributed by atoms with E-state index >= 15 is 0 Å². The normalized spacial score (nSPS) is 13.7. The molecule has 12 heavy (non-hydrogen) atoms. The van der Waals surface area contributed by atoms with Crippen molar-refractivity contribution in [1.82, 2.24) is 4.98 Å². The summed E-state index contributed by atoms with van der Waals surface area (Å²) in [5, 5.41) is 0. The summed E-state index contributed by atoms with van der Waals surface area (Å²) < 4.78 is 10.3. The van der Waals surface area contributed by atoms with Gasteiger partial charge in [0.1, 0.15) is 0 Å². The third kappa shape index (κ3) is 1.87. The minimum absolute atomic E-state index is 0.177. The van der Waals surface area contributed by atoms with Crippen LogP contribution in [0.15, 0.2) is 18.3 Å². The number of methoxy groups -OCH3 is 2.